The molecule has 0 amide bonds. The number of nitrogens with one attached hydrogen (secondary N) is 2. The standard InChI is InChI=1S/C27H42N2O.ClH/c1-4-7-10-14-20-29(21-15-11-8-5-2)27(28)25-18-19-26(30-22-9-6-3)24-17-13-12-16-23(24)25;/h12-13,16-19,28H,4-11,14-15,20-22H2,1-3H3;1H. The summed E-state index contributed by atoms with van der Waals surface area (Å²) in [4.78, 5) is 1.34. The number of unbranched alkanes of at least 4 members (excludes halogenated alkanes) is 7. The Labute approximate surface area is 196 Å². The van der Waals surface area contributed by atoms with E-state index in [2.05, 4.69) is 57.2 Å². The average molecular weight is 447 g/mol. The molecule has 31 heavy (non-hydrogen) atoms. The number of rotatable bonds is 15. The molecule has 0 aliphatic rings. The van der Waals surface area contributed by atoms with Crippen LogP contribution in [0, 0.1) is 5.41 Å². The van der Waals surface area contributed by atoms with Gasteiger partial charge in [0.15, 0.2) is 0 Å². The summed E-state index contributed by atoms with van der Waals surface area (Å²) in [6, 6.07) is 12.6. The molecule has 4 heteroatoms. The Bertz CT molecular complexity index is 750. The van der Waals surface area contributed by atoms with E-state index in [0.29, 0.717) is 0 Å². The highest BCUT2D eigenvalue weighted by Gasteiger charge is 2.20. The fourth-order valence-electron chi connectivity index (χ4n) is 4.04. The second kappa shape index (κ2) is 16.1. The summed E-state index contributed by atoms with van der Waals surface area (Å²) >= 11 is 0. The van der Waals surface area contributed by atoms with E-state index in [0.717, 1.165) is 60.5 Å². The van der Waals surface area contributed by atoms with Gasteiger partial charge in [-0.3, -0.25) is 10.3 Å². The largest absolute Gasteiger partial charge is 1.00 e. The summed E-state index contributed by atoms with van der Waals surface area (Å²) < 4.78 is 6.06. The maximum atomic E-state index is 9.09. The van der Waals surface area contributed by atoms with E-state index in [9.17, 15) is 0 Å². The summed E-state index contributed by atoms with van der Waals surface area (Å²) in [6.07, 6.45) is 12.3. The molecule has 2 rings (SSSR count). The molecule has 174 valence electrons. The number of fused-ring (bicyclic) bond motifs is 1. The molecule has 0 aliphatic carbocycles. The van der Waals surface area contributed by atoms with Crippen molar-refractivity contribution in [1.29, 1.82) is 5.41 Å². The highest BCUT2D eigenvalue weighted by molar-refractivity contribution is 6.06. The second-order valence-electron chi connectivity index (χ2n) is 8.46. The van der Waals surface area contributed by atoms with Crippen LogP contribution < -0.4 is 22.0 Å². The zero-order valence-electron chi connectivity index (χ0n) is 19.9. The lowest BCUT2D eigenvalue weighted by Gasteiger charge is -2.21. The molecule has 0 spiro atoms. The Balaban J connectivity index is 0.00000480. The minimum Gasteiger partial charge on any atom is -1.00 e. The summed E-state index contributed by atoms with van der Waals surface area (Å²) in [5.41, 5.74) is 1.06. The number of hydrogen-bond donors (Lipinski definition) is 2. The van der Waals surface area contributed by atoms with Crippen LogP contribution in [-0.2, 0) is 0 Å². The van der Waals surface area contributed by atoms with E-state index in [4.69, 9.17) is 10.1 Å². The molecule has 0 heterocycles. The SMILES string of the molecule is CCCCCC[NH+](CCCCCC)C(=N)c1ccc(OCCCC)c2ccccc12.[Cl-]. The van der Waals surface area contributed by atoms with Crippen LogP contribution in [0.25, 0.3) is 10.8 Å². The number of ether oxygens (including phenoxy) is 1. The Kier molecular flexibility index (Phi) is 14.3. The summed E-state index contributed by atoms with van der Waals surface area (Å²) in [7, 11) is 0. The molecule has 0 aromatic heterocycles. The van der Waals surface area contributed by atoms with Gasteiger partial charge in [0.25, 0.3) is 0 Å². The normalized spacial score (nSPS) is 11.0. The number of halogens is 1. The van der Waals surface area contributed by atoms with Crippen molar-refractivity contribution in [3.05, 3.63) is 42.0 Å². The third-order valence-electron chi connectivity index (χ3n) is 5.93. The van der Waals surface area contributed by atoms with Gasteiger partial charge < -0.3 is 17.1 Å². The number of quaternary nitrogens is 1. The molecule has 0 fully saturated rings. The van der Waals surface area contributed by atoms with Gasteiger partial charge in [-0.15, -0.1) is 0 Å². The van der Waals surface area contributed by atoms with Gasteiger partial charge in [0, 0.05) is 10.8 Å². The number of hydrogen-bond acceptors (Lipinski definition) is 2. The zero-order chi connectivity index (χ0) is 21.6. The van der Waals surface area contributed by atoms with Crippen molar-refractivity contribution >= 4 is 16.6 Å². The molecule has 2 N–H and O–H groups in total. The summed E-state index contributed by atoms with van der Waals surface area (Å²) in [5, 5.41) is 11.4. The van der Waals surface area contributed by atoms with Crippen LogP contribution in [-0.4, -0.2) is 25.5 Å². The first kappa shape index (κ1) is 27.5. The van der Waals surface area contributed by atoms with Crippen molar-refractivity contribution in [2.75, 3.05) is 19.7 Å². The molecule has 0 aliphatic heterocycles. The smallest absolute Gasteiger partial charge is 0.226 e. The monoisotopic (exact) mass is 446 g/mol. The Morgan fingerprint density at radius 3 is 1.90 bits per heavy atom. The third kappa shape index (κ3) is 8.82. The molecule has 2 aromatic rings. The second-order valence-corrected chi connectivity index (χ2v) is 8.46. The molecule has 2 aromatic carbocycles. The first-order valence-electron chi connectivity index (χ1n) is 12.3. The zero-order valence-corrected chi connectivity index (χ0v) is 20.7. The van der Waals surface area contributed by atoms with Gasteiger partial charge in [-0.25, -0.2) is 0 Å². The van der Waals surface area contributed by atoms with Gasteiger partial charge in [0.05, 0.1) is 25.3 Å². The Morgan fingerprint density at radius 2 is 1.32 bits per heavy atom. The fourth-order valence-corrected chi connectivity index (χ4v) is 4.04. The quantitative estimate of drug-likeness (QED) is 0.245. The van der Waals surface area contributed by atoms with Gasteiger partial charge in [0.2, 0.25) is 5.84 Å². The highest BCUT2D eigenvalue weighted by Crippen LogP contribution is 2.28. The fraction of sp³-hybridized carbons (Fsp3) is 0.593. The van der Waals surface area contributed by atoms with Crippen LogP contribution in [0.2, 0.25) is 0 Å². The molecule has 0 atom stereocenters. The van der Waals surface area contributed by atoms with Crippen molar-refractivity contribution in [2.24, 2.45) is 0 Å². The first-order valence-corrected chi connectivity index (χ1v) is 12.3. The topological polar surface area (TPSA) is 37.5 Å². The van der Waals surface area contributed by atoms with Crippen molar-refractivity contribution < 1.29 is 22.0 Å². The van der Waals surface area contributed by atoms with Gasteiger partial charge in [0.1, 0.15) is 5.75 Å². The minimum atomic E-state index is 0. The predicted molar refractivity (Wildman–Crippen MR) is 130 cm³/mol. The lowest BCUT2D eigenvalue weighted by Crippen LogP contribution is -3.14. The van der Waals surface area contributed by atoms with Crippen LogP contribution in [0.15, 0.2) is 36.4 Å². The number of amidine groups is 1. The molecular formula is C27H43ClN2O. The molecule has 0 unspecified atom stereocenters. The Hall–Kier alpha value is -1.58. The van der Waals surface area contributed by atoms with E-state index in [1.165, 1.54) is 56.3 Å². The van der Waals surface area contributed by atoms with Crippen LogP contribution in [0.5, 0.6) is 5.75 Å². The predicted octanol–water partition coefficient (Wildman–Crippen LogP) is 3.39. The summed E-state index contributed by atoms with van der Waals surface area (Å²) in [5.74, 6) is 1.70. The van der Waals surface area contributed by atoms with Crippen molar-refractivity contribution in [3.8, 4) is 5.75 Å². The van der Waals surface area contributed by atoms with Crippen LogP contribution >= 0.6 is 0 Å². The first-order chi connectivity index (χ1) is 14.7. The molecular weight excluding hydrogens is 404 g/mol. The molecule has 0 saturated heterocycles. The lowest BCUT2D eigenvalue weighted by molar-refractivity contribution is -0.806. The van der Waals surface area contributed by atoms with Gasteiger partial charge >= 0.3 is 0 Å². The molecule has 0 saturated carbocycles. The van der Waals surface area contributed by atoms with E-state index in [1.54, 1.807) is 0 Å². The number of benzene rings is 2. The van der Waals surface area contributed by atoms with Crippen LogP contribution in [0.3, 0.4) is 0 Å². The van der Waals surface area contributed by atoms with Gasteiger partial charge in [-0.1, -0.05) is 77.1 Å². The van der Waals surface area contributed by atoms with Gasteiger partial charge in [-0.2, -0.15) is 0 Å². The van der Waals surface area contributed by atoms with E-state index in [1.807, 2.05) is 0 Å². The lowest BCUT2D eigenvalue weighted by atomic mass is 10.0. The third-order valence-corrected chi connectivity index (χ3v) is 5.93. The minimum absolute atomic E-state index is 0. The highest BCUT2D eigenvalue weighted by atomic mass is 35.5. The van der Waals surface area contributed by atoms with E-state index in [-0.39, 0.29) is 12.4 Å². The van der Waals surface area contributed by atoms with Crippen LogP contribution in [0.4, 0.5) is 0 Å². The maximum Gasteiger partial charge on any atom is 0.226 e. The molecule has 0 radical (unpaired) electrons. The van der Waals surface area contributed by atoms with Crippen molar-refractivity contribution in [3.63, 3.8) is 0 Å². The van der Waals surface area contributed by atoms with Crippen LogP contribution in [0.1, 0.15) is 90.5 Å². The average Bonchev–Trinajstić information content (AvgIpc) is 2.78. The maximum absolute atomic E-state index is 9.09. The van der Waals surface area contributed by atoms with Gasteiger partial charge in [-0.05, 0) is 44.2 Å². The van der Waals surface area contributed by atoms with Crippen molar-refractivity contribution in [1.82, 2.24) is 0 Å². The van der Waals surface area contributed by atoms with E-state index >= 15 is 0 Å². The molecule has 0 bridgehead atoms. The Morgan fingerprint density at radius 1 is 0.742 bits per heavy atom. The van der Waals surface area contributed by atoms with Crippen molar-refractivity contribution in [2.45, 2.75) is 85.0 Å². The molecule has 3 nitrogen and oxygen atoms in total. The van der Waals surface area contributed by atoms with E-state index < -0.39 is 0 Å². The summed E-state index contributed by atoms with van der Waals surface area (Å²) in [6.45, 7) is 9.58.